The number of quaternary nitrogens is 2. The van der Waals surface area contributed by atoms with Gasteiger partial charge in [-0.15, -0.1) is 0 Å². The summed E-state index contributed by atoms with van der Waals surface area (Å²) in [6, 6.07) is 5.71. The molecule has 7 nitrogen and oxygen atoms in total. The fourth-order valence-electron chi connectivity index (χ4n) is 6.28. The Bertz CT molecular complexity index is 802. The Morgan fingerprint density at radius 1 is 0.730 bits per heavy atom. The molecule has 1 aromatic rings. The van der Waals surface area contributed by atoms with Crippen molar-refractivity contribution in [1.82, 2.24) is 0 Å². The average Bonchev–Trinajstić information content (AvgIpc) is 2.91. The van der Waals surface area contributed by atoms with Crippen LogP contribution in [0.3, 0.4) is 0 Å². The summed E-state index contributed by atoms with van der Waals surface area (Å²) in [6.45, 7) is 12.3. The topological polar surface area (TPSA) is 69.4 Å². The Morgan fingerprint density at radius 3 is 1.62 bits per heavy atom. The Morgan fingerprint density at radius 2 is 1.16 bits per heavy atom. The monoisotopic (exact) mass is 517 g/mol. The molecule has 1 aromatic carbocycles. The Kier molecular flexibility index (Phi) is 12.3. The van der Waals surface area contributed by atoms with Gasteiger partial charge < -0.3 is 13.7 Å². The lowest BCUT2D eigenvalue weighted by Crippen LogP contribution is -2.75. The first-order chi connectivity index (χ1) is 18.0. The first-order valence-corrected chi connectivity index (χ1v) is 15.1. The summed E-state index contributed by atoms with van der Waals surface area (Å²) in [6.07, 6.45) is 18.2. The van der Waals surface area contributed by atoms with Gasteiger partial charge in [0.15, 0.2) is 0 Å². The number of nitro groups is 1. The molecule has 208 valence electrons. The number of hydrogen-bond donors (Lipinski definition) is 0. The summed E-state index contributed by atoms with van der Waals surface area (Å²) < 4.78 is 7.87. The van der Waals surface area contributed by atoms with E-state index in [9.17, 15) is 14.9 Å². The smallest absolute Gasteiger partial charge is 0.311 e. The second-order valence-electron chi connectivity index (χ2n) is 11.7. The molecule has 0 saturated carbocycles. The fourth-order valence-corrected chi connectivity index (χ4v) is 6.28. The van der Waals surface area contributed by atoms with Crippen LogP contribution in [0.4, 0.5) is 5.69 Å². The molecule has 7 heteroatoms. The van der Waals surface area contributed by atoms with Crippen LogP contribution in [-0.2, 0) is 4.79 Å². The molecule has 0 atom stereocenters. The van der Waals surface area contributed by atoms with Crippen molar-refractivity contribution in [2.45, 2.75) is 96.8 Å². The van der Waals surface area contributed by atoms with E-state index in [0.717, 1.165) is 13.0 Å². The minimum Gasteiger partial charge on any atom is -0.427 e. The van der Waals surface area contributed by atoms with Crippen LogP contribution in [0, 0.1) is 10.1 Å². The first kappa shape index (κ1) is 29.6. The van der Waals surface area contributed by atoms with Crippen molar-refractivity contribution in [2.75, 3.05) is 52.4 Å². The summed E-state index contributed by atoms with van der Waals surface area (Å²) in [7, 11) is 0. The van der Waals surface area contributed by atoms with Gasteiger partial charge in [-0.1, -0.05) is 71.1 Å². The lowest BCUT2D eigenvalue weighted by molar-refractivity contribution is -1.08. The molecular formula is C30H51N3O4+2. The van der Waals surface area contributed by atoms with Gasteiger partial charge >= 0.3 is 5.97 Å². The zero-order chi connectivity index (χ0) is 26.4. The highest BCUT2D eigenvalue weighted by molar-refractivity contribution is 5.72. The molecule has 0 unspecified atom stereocenters. The van der Waals surface area contributed by atoms with E-state index in [1.54, 1.807) is 0 Å². The zero-order valence-corrected chi connectivity index (χ0v) is 23.3. The maximum Gasteiger partial charge on any atom is 0.311 e. The number of esters is 1. The molecule has 0 amide bonds. The van der Waals surface area contributed by atoms with Crippen molar-refractivity contribution >= 4 is 11.7 Å². The molecule has 3 aliphatic rings. The molecule has 0 aliphatic carbocycles. The number of carbonyl (C=O) groups excluding carboxylic acids is 1. The quantitative estimate of drug-likeness (QED) is 0.0515. The average molecular weight is 518 g/mol. The third kappa shape index (κ3) is 10.0. The predicted octanol–water partition coefficient (Wildman–Crippen LogP) is 6.64. The van der Waals surface area contributed by atoms with Crippen molar-refractivity contribution in [3.8, 4) is 5.75 Å². The molecule has 0 N–H and O–H groups in total. The second-order valence-corrected chi connectivity index (χ2v) is 11.7. The zero-order valence-electron chi connectivity index (χ0n) is 23.3. The summed E-state index contributed by atoms with van der Waals surface area (Å²) >= 11 is 0. The maximum absolute atomic E-state index is 12.3. The lowest BCUT2D eigenvalue weighted by atomic mass is 10.0. The molecular weight excluding hydrogens is 466 g/mol. The number of ether oxygens (including phenoxy) is 1. The number of fused-ring (bicyclic) bond motifs is 3. The van der Waals surface area contributed by atoms with Gasteiger partial charge in [0, 0.05) is 18.6 Å². The number of non-ortho nitro benzene ring substituents is 1. The van der Waals surface area contributed by atoms with Crippen molar-refractivity contribution in [2.24, 2.45) is 0 Å². The minimum atomic E-state index is -0.455. The van der Waals surface area contributed by atoms with E-state index in [0.29, 0.717) is 12.2 Å². The number of nitrogens with zero attached hydrogens (tertiary/aromatic N) is 3. The van der Waals surface area contributed by atoms with Gasteiger partial charge in [0.05, 0.1) is 24.4 Å². The highest BCUT2D eigenvalue weighted by Crippen LogP contribution is 2.28. The SMILES string of the molecule is CCCCCCCCCCCCCC[N+]12CC[N+](CCCC(=O)Oc3ccc([N+](=O)[O-])cc3)(CC1)CC2. The van der Waals surface area contributed by atoms with Crippen LogP contribution in [0.1, 0.15) is 96.8 Å². The molecule has 37 heavy (non-hydrogen) atoms. The first-order valence-electron chi connectivity index (χ1n) is 15.1. The lowest BCUT2D eigenvalue weighted by Gasteiger charge is -2.55. The number of rotatable bonds is 19. The summed E-state index contributed by atoms with van der Waals surface area (Å²) in [5, 5.41) is 10.8. The Hall–Kier alpha value is -1.99. The van der Waals surface area contributed by atoms with Gasteiger partial charge in [-0.05, 0) is 25.0 Å². The van der Waals surface area contributed by atoms with E-state index in [1.807, 2.05) is 0 Å². The van der Waals surface area contributed by atoms with Crippen LogP contribution >= 0.6 is 0 Å². The number of piperazine rings is 3. The van der Waals surface area contributed by atoms with E-state index in [1.165, 1.54) is 156 Å². The predicted molar refractivity (Wildman–Crippen MR) is 149 cm³/mol. The third-order valence-corrected chi connectivity index (χ3v) is 8.92. The second kappa shape index (κ2) is 15.4. The van der Waals surface area contributed by atoms with Gasteiger partial charge in [0.25, 0.3) is 5.69 Å². The molecule has 0 spiro atoms. The standard InChI is InChI=1S/C30H51N3O4/c1-2-3-4-5-6-7-8-9-10-11-12-13-20-32-22-25-33(26-23-32,27-24-32)21-14-15-30(34)37-29-18-16-28(17-19-29)31(35)36/h16-19H,2-15,20-27H2,1H3/q+2. The minimum absolute atomic E-state index is 0.000855. The van der Waals surface area contributed by atoms with Crippen LogP contribution in [-0.4, -0.2) is 72.2 Å². The van der Waals surface area contributed by atoms with Crippen LogP contribution in [0.2, 0.25) is 0 Å². The fraction of sp³-hybridized carbons (Fsp3) is 0.767. The van der Waals surface area contributed by atoms with Crippen molar-refractivity contribution < 1.29 is 23.4 Å². The number of carbonyl (C=O) groups is 1. The molecule has 3 fully saturated rings. The van der Waals surface area contributed by atoms with E-state index in [-0.39, 0.29) is 11.7 Å². The van der Waals surface area contributed by atoms with Gasteiger partial charge in [-0.3, -0.25) is 14.9 Å². The van der Waals surface area contributed by atoms with Gasteiger partial charge in [-0.2, -0.15) is 0 Å². The molecule has 2 bridgehead atoms. The van der Waals surface area contributed by atoms with E-state index in [4.69, 9.17) is 4.74 Å². The molecule has 3 heterocycles. The maximum atomic E-state index is 12.3. The highest BCUT2D eigenvalue weighted by atomic mass is 16.6. The van der Waals surface area contributed by atoms with Crippen molar-refractivity contribution in [3.63, 3.8) is 0 Å². The van der Waals surface area contributed by atoms with E-state index >= 15 is 0 Å². The van der Waals surface area contributed by atoms with Crippen molar-refractivity contribution in [3.05, 3.63) is 34.4 Å². The number of benzene rings is 1. The molecule has 0 radical (unpaired) electrons. The number of hydrogen-bond acceptors (Lipinski definition) is 4. The van der Waals surface area contributed by atoms with Gasteiger partial charge in [0.2, 0.25) is 0 Å². The van der Waals surface area contributed by atoms with Crippen LogP contribution in [0.25, 0.3) is 0 Å². The van der Waals surface area contributed by atoms with Crippen LogP contribution in [0.5, 0.6) is 5.75 Å². The Labute approximate surface area is 224 Å². The van der Waals surface area contributed by atoms with Crippen LogP contribution in [0.15, 0.2) is 24.3 Å². The van der Waals surface area contributed by atoms with E-state index in [2.05, 4.69) is 6.92 Å². The molecule has 3 saturated heterocycles. The summed E-state index contributed by atoms with van der Waals surface area (Å²) in [4.78, 5) is 22.5. The highest BCUT2D eigenvalue weighted by Gasteiger charge is 2.48. The van der Waals surface area contributed by atoms with Gasteiger partial charge in [0.1, 0.15) is 45.0 Å². The Balaban J connectivity index is 1.22. The largest absolute Gasteiger partial charge is 0.427 e. The number of nitro benzene ring substituents is 1. The number of unbranched alkanes of at least 4 members (excludes halogenated alkanes) is 11. The summed E-state index contributed by atoms with van der Waals surface area (Å²) in [5.41, 5.74) is -0.000855. The van der Waals surface area contributed by atoms with Crippen LogP contribution < -0.4 is 4.74 Å². The third-order valence-electron chi connectivity index (χ3n) is 8.92. The van der Waals surface area contributed by atoms with Gasteiger partial charge in [-0.25, -0.2) is 0 Å². The molecule has 4 rings (SSSR count). The normalized spacial score (nSPS) is 22.7. The van der Waals surface area contributed by atoms with Crippen molar-refractivity contribution in [1.29, 1.82) is 0 Å². The summed E-state index contributed by atoms with van der Waals surface area (Å²) in [5.74, 6) is 0.122. The molecule has 0 aromatic heterocycles. The van der Waals surface area contributed by atoms with E-state index < -0.39 is 4.92 Å². The molecule has 3 aliphatic heterocycles.